The normalized spacial score (nSPS) is 8.92. The van der Waals surface area contributed by atoms with Gasteiger partial charge in [-0.2, -0.15) is 0 Å². The van der Waals surface area contributed by atoms with Crippen molar-refractivity contribution in [1.29, 1.82) is 0 Å². The van der Waals surface area contributed by atoms with Gasteiger partial charge in [-0.1, -0.05) is 21.6 Å². The first kappa shape index (κ1) is 15.5. The Labute approximate surface area is 91.3 Å². The molecular formula is C6H10O4S3. The molecule has 0 amide bonds. The van der Waals surface area contributed by atoms with Crippen molar-refractivity contribution >= 4 is 47.0 Å². The van der Waals surface area contributed by atoms with E-state index in [9.17, 15) is 9.59 Å². The van der Waals surface area contributed by atoms with Crippen molar-refractivity contribution in [2.24, 2.45) is 0 Å². The number of carboxylic acids is 2. The van der Waals surface area contributed by atoms with Crippen LogP contribution in [0.25, 0.3) is 0 Å². The Morgan fingerprint density at radius 2 is 1.23 bits per heavy atom. The second-order valence-corrected chi connectivity index (χ2v) is 4.63. The molecule has 2 N–H and O–H groups in total. The average Bonchev–Trinajstić information content (AvgIpc) is 1.95. The zero-order valence-electron chi connectivity index (χ0n) is 6.76. The Morgan fingerprint density at radius 1 is 0.923 bits per heavy atom. The number of hydrogen-bond acceptors (Lipinski definition) is 4. The van der Waals surface area contributed by atoms with Crippen LogP contribution in [0.1, 0.15) is 12.8 Å². The van der Waals surface area contributed by atoms with Gasteiger partial charge in [0.25, 0.3) is 0 Å². The number of carboxylic acid groups (broad SMARTS) is 2. The summed E-state index contributed by atoms with van der Waals surface area (Å²) >= 11 is 0. The van der Waals surface area contributed by atoms with Gasteiger partial charge in [-0.15, -0.1) is 0 Å². The summed E-state index contributed by atoms with van der Waals surface area (Å²) in [6, 6.07) is 0. The fraction of sp³-hybridized carbons (Fsp3) is 0.667. The average molecular weight is 242 g/mol. The molecule has 0 atom stereocenters. The van der Waals surface area contributed by atoms with Gasteiger partial charge in [-0.3, -0.25) is 9.59 Å². The molecular weight excluding hydrogens is 232 g/mol. The third-order valence-corrected chi connectivity index (χ3v) is 3.29. The molecule has 0 rings (SSSR count). The van der Waals surface area contributed by atoms with E-state index in [0.717, 1.165) is 0 Å². The summed E-state index contributed by atoms with van der Waals surface area (Å²) in [7, 11) is 2.79. The summed E-state index contributed by atoms with van der Waals surface area (Å²) in [4.78, 5) is 20.0. The highest BCUT2D eigenvalue weighted by atomic mass is 33.1. The standard InChI is InChI=1S/C6H10O4S2.S/c7-5(8)1-3-11-12-4-2-6(9)10;/h1-4H2,(H,7,8)(H,9,10);. The predicted molar refractivity (Wildman–Crippen MR) is 57.0 cm³/mol. The Bertz CT molecular complexity index is 144. The smallest absolute Gasteiger partial charge is 0.304 e. The van der Waals surface area contributed by atoms with E-state index in [1.54, 1.807) is 0 Å². The summed E-state index contributed by atoms with van der Waals surface area (Å²) < 4.78 is 0. The van der Waals surface area contributed by atoms with Gasteiger partial charge in [-0.05, 0) is 0 Å². The maximum Gasteiger partial charge on any atom is 0.304 e. The van der Waals surface area contributed by atoms with Crippen LogP contribution in [0, 0.1) is 0 Å². The topological polar surface area (TPSA) is 74.6 Å². The predicted octanol–water partition coefficient (Wildman–Crippen LogP) is 1.97. The summed E-state index contributed by atoms with van der Waals surface area (Å²) in [5.41, 5.74) is 0. The summed E-state index contributed by atoms with van der Waals surface area (Å²) in [5.74, 6) is -0.582. The third-order valence-electron chi connectivity index (χ3n) is 0.882. The summed E-state index contributed by atoms with van der Waals surface area (Å²) in [5, 5.41) is 16.5. The Morgan fingerprint density at radius 3 is 1.46 bits per heavy atom. The van der Waals surface area contributed by atoms with Crippen molar-refractivity contribution in [1.82, 2.24) is 0 Å². The van der Waals surface area contributed by atoms with Crippen molar-refractivity contribution in [3.8, 4) is 0 Å². The second kappa shape index (κ2) is 10.1. The fourth-order valence-corrected chi connectivity index (χ4v) is 2.33. The third kappa shape index (κ3) is 14.8. The van der Waals surface area contributed by atoms with Crippen LogP contribution in [-0.2, 0) is 9.59 Å². The van der Waals surface area contributed by atoms with Crippen molar-refractivity contribution in [3.05, 3.63) is 0 Å². The van der Waals surface area contributed by atoms with E-state index >= 15 is 0 Å². The lowest BCUT2D eigenvalue weighted by Gasteiger charge is -1.95. The number of aliphatic carboxylic acids is 2. The van der Waals surface area contributed by atoms with Crippen LogP contribution >= 0.6 is 35.1 Å². The molecule has 0 unspecified atom stereocenters. The minimum atomic E-state index is -0.818. The molecule has 0 aliphatic heterocycles. The largest absolute Gasteiger partial charge is 0.481 e. The molecule has 0 bridgehead atoms. The molecule has 0 aromatic rings. The van der Waals surface area contributed by atoms with Crippen molar-refractivity contribution in [3.63, 3.8) is 0 Å². The molecule has 0 saturated carbocycles. The highest BCUT2D eigenvalue weighted by Crippen LogP contribution is 2.22. The zero-order valence-corrected chi connectivity index (χ0v) is 9.21. The zero-order chi connectivity index (χ0) is 9.40. The minimum absolute atomic E-state index is 0. The summed E-state index contributed by atoms with van der Waals surface area (Å²) in [6.07, 6.45) is 0.259. The van der Waals surface area contributed by atoms with E-state index in [1.807, 2.05) is 0 Å². The first-order valence-electron chi connectivity index (χ1n) is 3.31. The van der Waals surface area contributed by atoms with Gasteiger partial charge >= 0.3 is 11.9 Å². The highest BCUT2D eigenvalue weighted by molar-refractivity contribution is 8.76. The molecule has 0 heterocycles. The lowest BCUT2D eigenvalue weighted by atomic mass is 10.5. The lowest BCUT2D eigenvalue weighted by Crippen LogP contribution is -1.96. The minimum Gasteiger partial charge on any atom is -0.481 e. The Kier molecular flexibility index (Phi) is 12.0. The van der Waals surface area contributed by atoms with Crippen LogP contribution in [0.15, 0.2) is 0 Å². The molecule has 2 radical (unpaired) electrons. The van der Waals surface area contributed by atoms with Gasteiger partial charge in [0.05, 0.1) is 12.8 Å². The molecule has 7 heteroatoms. The molecule has 0 fully saturated rings. The second-order valence-electron chi connectivity index (χ2n) is 1.93. The molecule has 13 heavy (non-hydrogen) atoms. The van der Waals surface area contributed by atoms with Gasteiger partial charge in [0.15, 0.2) is 0 Å². The van der Waals surface area contributed by atoms with Gasteiger partial charge in [0.1, 0.15) is 0 Å². The van der Waals surface area contributed by atoms with Gasteiger partial charge in [-0.25, -0.2) is 0 Å². The van der Waals surface area contributed by atoms with Gasteiger partial charge in [0.2, 0.25) is 0 Å². The molecule has 0 spiro atoms. The van der Waals surface area contributed by atoms with Gasteiger partial charge in [0, 0.05) is 25.0 Å². The van der Waals surface area contributed by atoms with Crippen molar-refractivity contribution in [2.45, 2.75) is 12.8 Å². The molecule has 0 aliphatic rings. The maximum atomic E-state index is 10.0. The van der Waals surface area contributed by atoms with Gasteiger partial charge < -0.3 is 10.2 Å². The lowest BCUT2D eigenvalue weighted by molar-refractivity contribution is -0.137. The fourth-order valence-electron chi connectivity index (χ4n) is 0.376. The Balaban J connectivity index is 0. The summed E-state index contributed by atoms with van der Waals surface area (Å²) in [6.45, 7) is 0. The number of rotatable bonds is 7. The Hall–Kier alpha value is -0.0100. The van der Waals surface area contributed by atoms with Crippen molar-refractivity contribution in [2.75, 3.05) is 11.5 Å². The van der Waals surface area contributed by atoms with Crippen LogP contribution in [0.4, 0.5) is 0 Å². The molecule has 0 aliphatic carbocycles. The van der Waals surface area contributed by atoms with E-state index in [4.69, 9.17) is 10.2 Å². The number of carbonyl (C=O) groups is 2. The first-order valence-corrected chi connectivity index (χ1v) is 5.79. The maximum absolute atomic E-state index is 10.0. The van der Waals surface area contributed by atoms with Crippen LogP contribution in [0.2, 0.25) is 0 Å². The molecule has 0 aromatic heterocycles. The number of hydrogen-bond donors (Lipinski definition) is 2. The molecule has 0 aromatic carbocycles. The van der Waals surface area contributed by atoms with E-state index in [2.05, 4.69) is 0 Å². The van der Waals surface area contributed by atoms with E-state index in [1.165, 1.54) is 21.6 Å². The van der Waals surface area contributed by atoms with E-state index in [0.29, 0.717) is 11.5 Å². The van der Waals surface area contributed by atoms with Crippen molar-refractivity contribution < 1.29 is 19.8 Å². The molecule has 76 valence electrons. The van der Waals surface area contributed by atoms with E-state index < -0.39 is 11.9 Å². The SMILES string of the molecule is O=C(O)CCSSCCC(=O)O.[S]. The monoisotopic (exact) mass is 242 g/mol. The molecule has 4 nitrogen and oxygen atoms in total. The first-order chi connectivity index (χ1) is 5.63. The van der Waals surface area contributed by atoms with Crippen LogP contribution in [-0.4, -0.2) is 33.7 Å². The molecule has 0 saturated heterocycles. The quantitative estimate of drug-likeness (QED) is 0.525. The highest BCUT2D eigenvalue weighted by Gasteiger charge is 1.99. The van der Waals surface area contributed by atoms with Crippen LogP contribution < -0.4 is 0 Å². The van der Waals surface area contributed by atoms with Crippen LogP contribution in [0.5, 0.6) is 0 Å². The van der Waals surface area contributed by atoms with E-state index in [-0.39, 0.29) is 26.3 Å². The van der Waals surface area contributed by atoms with Crippen LogP contribution in [0.3, 0.4) is 0 Å².